The van der Waals surface area contributed by atoms with Crippen molar-refractivity contribution in [1.82, 2.24) is 15.1 Å². The average molecular weight is 413 g/mol. The standard InChI is InChI=1S/C23H25F2N3O2/c1-15(21-10-8-18(24)13-22(21)25)26-19-6-4-5-17(7-9-19)23(30)28-12-11-20(14-28)27(3)16(2)29/h5-10,13,15,20,26H,11-12,14H2,1-3H3/t15-,20-/m0/s1. The molecule has 2 amide bonds. The Hall–Kier alpha value is -3.18. The minimum atomic E-state index is -0.621. The normalized spacial score (nSPS) is 19.1. The molecule has 3 rings (SSSR count). The van der Waals surface area contributed by atoms with Crippen molar-refractivity contribution in [3.63, 3.8) is 0 Å². The molecular weight excluding hydrogens is 388 g/mol. The predicted molar refractivity (Wildman–Crippen MR) is 110 cm³/mol. The second kappa shape index (κ2) is 9.09. The molecule has 0 unspecified atom stereocenters. The van der Waals surface area contributed by atoms with Crippen molar-refractivity contribution in [3.05, 3.63) is 76.7 Å². The fourth-order valence-corrected chi connectivity index (χ4v) is 3.58. The third kappa shape index (κ3) is 4.86. The lowest BCUT2D eigenvalue weighted by Gasteiger charge is -2.23. The number of nitrogens with one attached hydrogen (secondary N) is 1. The van der Waals surface area contributed by atoms with Crippen LogP contribution in [0.5, 0.6) is 0 Å². The molecule has 2 aliphatic rings. The molecule has 7 heteroatoms. The van der Waals surface area contributed by atoms with Crippen LogP contribution in [0.15, 0.2) is 59.5 Å². The quantitative estimate of drug-likeness (QED) is 0.754. The summed E-state index contributed by atoms with van der Waals surface area (Å²) in [4.78, 5) is 27.8. The Kier molecular flexibility index (Phi) is 6.53. The molecule has 1 aromatic carbocycles. The Labute approximate surface area is 175 Å². The molecule has 1 aliphatic heterocycles. The van der Waals surface area contributed by atoms with Gasteiger partial charge in [0.05, 0.1) is 12.1 Å². The van der Waals surface area contributed by atoms with Crippen LogP contribution in [0.25, 0.3) is 0 Å². The summed E-state index contributed by atoms with van der Waals surface area (Å²) in [5.41, 5.74) is 4.45. The van der Waals surface area contributed by atoms with Gasteiger partial charge in [0.2, 0.25) is 5.91 Å². The van der Waals surface area contributed by atoms with E-state index in [1.807, 2.05) is 0 Å². The van der Waals surface area contributed by atoms with Gasteiger partial charge in [0, 0.05) is 56.0 Å². The van der Waals surface area contributed by atoms with Crippen LogP contribution < -0.4 is 5.32 Å². The van der Waals surface area contributed by atoms with Crippen LogP contribution in [-0.2, 0) is 9.59 Å². The summed E-state index contributed by atoms with van der Waals surface area (Å²) in [6.45, 7) is 4.38. The monoisotopic (exact) mass is 413 g/mol. The summed E-state index contributed by atoms with van der Waals surface area (Å²) < 4.78 is 27.1. The number of allylic oxidation sites excluding steroid dienone is 3. The van der Waals surface area contributed by atoms with Crippen LogP contribution in [0.3, 0.4) is 0 Å². The lowest BCUT2D eigenvalue weighted by atomic mass is 10.1. The SMILES string of the molecule is CC(=O)N(C)[C@H]1CCN(C(=O)C2=CC=C(N[C@@H](C)c3ccc(F)cc3F)C=C=C2)C1. The van der Waals surface area contributed by atoms with E-state index in [9.17, 15) is 18.4 Å². The van der Waals surface area contributed by atoms with Gasteiger partial charge in [-0.3, -0.25) is 9.59 Å². The van der Waals surface area contributed by atoms with Gasteiger partial charge in [-0.2, -0.15) is 0 Å². The second-order valence-electron chi connectivity index (χ2n) is 7.55. The average Bonchev–Trinajstić information content (AvgIpc) is 3.07. The number of likely N-dealkylation sites (N-methyl/N-ethyl adjacent to an activating group) is 1. The minimum absolute atomic E-state index is 0.0174. The van der Waals surface area contributed by atoms with E-state index in [-0.39, 0.29) is 17.9 Å². The predicted octanol–water partition coefficient (Wildman–Crippen LogP) is 3.23. The maximum absolute atomic E-state index is 14.0. The highest BCUT2D eigenvalue weighted by molar-refractivity contribution is 5.96. The fraction of sp³-hybridized carbons (Fsp3) is 0.348. The Balaban J connectivity index is 1.67. The fourth-order valence-electron chi connectivity index (χ4n) is 3.58. The van der Waals surface area contributed by atoms with Gasteiger partial charge in [-0.25, -0.2) is 8.78 Å². The van der Waals surface area contributed by atoms with Gasteiger partial charge in [-0.15, -0.1) is 5.73 Å². The third-order valence-electron chi connectivity index (χ3n) is 5.47. The molecule has 1 heterocycles. The molecule has 1 fully saturated rings. The van der Waals surface area contributed by atoms with E-state index in [0.717, 1.165) is 12.5 Å². The number of carbonyl (C=O) groups excluding carboxylic acids is 2. The molecule has 0 aromatic heterocycles. The Bertz CT molecular complexity index is 977. The lowest BCUT2D eigenvalue weighted by molar-refractivity contribution is -0.130. The number of amides is 2. The number of hydrogen-bond acceptors (Lipinski definition) is 3. The van der Waals surface area contributed by atoms with Crippen molar-refractivity contribution in [1.29, 1.82) is 0 Å². The van der Waals surface area contributed by atoms with Gasteiger partial charge in [0.15, 0.2) is 0 Å². The van der Waals surface area contributed by atoms with Gasteiger partial charge < -0.3 is 15.1 Å². The summed E-state index contributed by atoms with van der Waals surface area (Å²) in [6, 6.07) is 3.11. The molecule has 158 valence electrons. The summed E-state index contributed by atoms with van der Waals surface area (Å²) in [7, 11) is 1.75. The molecular formula is C23H25F2N3O2. The van der Waals surface area contributed by atoms with Crippen molar-refractivity contribution in [2.45, 2.75) is 32.4 Å². The van der Waals surface area contributed by atoms with E-state index in [4.69, 9.17) is 0 Å². The Morgan fingerprint density at radius 3 is 2.73 bits per heavy atom. The first-order valence-electron chi connectivity index (χ1n) is 9.85. The Morgan fingerprint density at radius 1 is 1.27 bits per heavy atom. The van der Waals surface area contributed by atoms with Crippen molar-refractivity contribution in [2.75, 3.05) is 20.1 Å². The first kappa shape index (κ1) is 21.5. The molecule has 1 aromatic rings. The molecule has 30 heavy (non-hydrogen) atoms. The highest BCUT2D eigenvalue weighted by Crippen LogP contribution is 2.21. The molecule has 0 spiro atoms. The number of benzene rings is 1. The van der Waals surface area contributed by atoms with E-state index in [1.165, 1.54) is 19.1 Å². The van der Waals surface area contributed by atoms with E-state index in [0.29, 0.717) is 29.9 Å². The second-order valence-corrected chi connectivity index (χ2v) is 7.55. The number of nitrogens with zero attached hydrogens (tertiary/aromatic N) is 2. The summed E-state index contributed by atoms with van der Waals surface area (Å²) in [6.07, 6.45) is 7.45. The van der Waals surface area contributed by atoms with Gasteiger partial charge in [-0.05, 0) is 37.6 Å². The third-order valence-corrected chi connectivity index (χ3v) is 5.47. The molecule has 5 nitrogen and oxygen atoms in total. The first-order chi connectivity index (χ1) is 14.3. The van der Waals surface area contributed by atoms with Crippen LogP contribution in [-0.4, -0.2) is 47.8 Å². The molecule has 0 radical (unpaired) electrons. The van der Waals surface area contributed by atoms with E-state index in [2.05, 4.69) is 11.0 Å². The lowest BCUT2D eigenvalue weighted by Crippen LogP contribution is -2.39. The summed E-state index contributed by atoms with van der Waals surface area (Å²) in [5, 5.41) is 3.15. The van der Waals surface area contributed by atoms with E-state index < -0.39 is 17.7 Å². The smallest absolute Gasteiger partial charge is 0.254 e. The van der Waals surface area contributed by atoms with Crippen LogP contribution in [0.2, 0.25) is 0 Å². The molecule has 1 saturated heterocycles. The maximum Gasteiger partial charge on any atom is 0.254 e. The topological polar surface area (TPSA) is 52.7 Å². The summed E-state index contributed by atoms with van der Waals surface area (Å²) in [5.74, 6) is -1.37. The number of rotatable bonds is 5. The molecule has 0 bridgehead atoms. The Morgan fingerprint density at radius 2 is 2.03 bits per heavy atom. The van der Waals surface area contributed by atoms with Crippen LogP contribution in [0, 0.1) is 11.6 Å². The van der Waals surface area contributed by atoms with E-state index in [1.54, 1.807) is 48.1 Å². The number of hydrogen-bond donors (Lipinski definition) is 1. The molecule has 1 N–H and O–H groups in total. The highest BCUT2D eigenvalue weighted by Gasteiger charge is 2.30. The molecule has 0 saturated carbocycles. The zero-order chi connectivity index (χ0) is 21.8. The van der Waals surface area contributed by atoms with Gasteiger partial charge >= 0.3 is 0 Å². The maximum atomic E-state index is 14.0. The first-order valence-corrected chi connectivity index (χ1v) is 9.85. The van der Waals surface area contributed by atoms with Gasteiger partial charge in [-0.1, -0.05) is 6.07 Å². The highest BCUT2D eigenvalue weighted by atomic mass is 19.1. The largest absolute Gasteiger partial charge is 0.378 e. The van der Waals surface area contributed by atoms with E-state index >= 15 is 0 Å². The van der Waals surface area contributed by atoms with Crippen molar-refractivity contribution >= 4 is 11.8 Å². The molecule has 2 atom stereocenters. The summed E-state index contributed by atoms with van der Waals surface area (Å²) >= 11 is 0. The van der Waals surface area contributed by atoms with Gasteiger partial charge in [0.1, 0.15) is 11.6 Å². The van der Waals surface area contributed by atoms with Gasteiger partial charge in [0.25, 0.3) is 5.91 Å². The van der Waals surface area contributed by atoms with Crippen molar-refractivity contribution < 1.29 is 18.4 Å². The van der Waals surface area contributed by atoms with Crippen molar-refractivity contribution in [3.8, 4) is 0 Å². The molecule has 1 aliphatic carbocycles. The van der Waals surface area contributed by atoms with Crippen molar-refractivity contribution in [2.24, 2.45) is 0 Å². The number of halogens is 2. The zero-order valence-corrected chi connectivity index (χ0v) is 17.3. The minimum Gasteiger partial charge on any atom is -0.378 e. The van der Waals surface area contributed by atoms with Crippen LogP contribution in [0.4, 0.5) is 8.78 Å². The van der Waals surface area contributed by atoms with Crippen LogP contribution in [0.1, 0.15) is 31.9 Å². The zero-order valence-electron chi connectivity index (χ0n) is 17.3. The number of carbonyl (C=O) groups is 2. The van der Waals surface area contributed by atoms with Crippen LogP contribution >= 0.6 is 0 Å². The number of likely N-dealkylation sites (tertiary alicyclic amines) is 1.